The van der Waals surface area contributed by atoms with Crippen LogP contribution in [0.25, 0.3) is 11.6 Å². The molecule has 0 spiro atoms. The quantitative estimate of drug-likeness (QED) is 0.566. The van der Waals surface area contributed by atoms with Crippen molar-refractivity contribution < 1.29 is 0 Å². The van der Waals surface area contributed by atoms with E-state index in [4.69, 9.17) is 11.1 Å². The van der Waals surface area contributed by atoms with Crippen molar-refractivity contribution in [2.45, 2.75) is 0 Å². The lowest BCUT2D eigenvalue weighted by atomic mass is 9.94. The molecule has 0 bridgehead atoms. The van der Waals surface area contributed by atoms with Crippen LogP contribution in [0.1, 0.15) is 16.7 Å². The molecule has 0 atom stereocenters. The van der Waals surface area contributed by atoms with Gasteiger partial charge in [0, 0.05) is 17.8 Å². The Kier molecular flexibility index (Phi) is 2.80. The molecule has 1 aliphatic rings. The minimum atomic E-state index is 0.107. The third kappa shape index (κ3) is 2.10. The molecule has 2 aromatic carbocycles. The van der Waals surface area contributed by atoms with Crippen molar-refractivity contribution in [2.75, 3.05) is 11.9 Å². The number of hydrogen-bond acceptors (Lipinski definition) is 2. The molecule has 0 saturated heterocycles. The Hall–Kier alpha value is -2.55. The summed E-state index contributed by atoms with van der Waals surface area (Å²) in [6.07, 6.45) is 2.16. The topological polar surface area (TPSA) is 61.9 Å². The number of nitrogens with one attached hydrogen (secondary N) is 2. The van der Waals surface area contributed by atoms with Crippen LogP contribution in [0.5, 0.6) is 0 Å². The number of nitrogens with two attached hydrogens (primary N) is 1. The molecule has 3 rings (SSSR count). The lowest BCUT2D eigenvalue weighted by Gasteiger charge is -2.20. The number of benzene rings is 2. The molecular formula is C16H15N3. The van der Waals surface area contributed by atoms with Crippen molar-refractivity contribution in [2.24, 2.45) is 5.73 Å². The predicted molar refractivity (Wildman–Crippen MR) is 80.3 cm³/mol. The van der Waals surface area contributed by atoms with Crippen LogP contribution >= 0.6 is 0 Å². The average Bonchev–Trinajstić information content (AvgIpc) is 2.46. The summed E-state index contributed by atoms with van der Waals surface area (Å²) in [6, 6.07) is 16.0. The molecule has 3 heteroatoms. The monoisotopic (exact) mass is 249 g/mol. The highest BCUT2D eigenvalue weighted by atomic mass is 14.9. The lowest BCUT2D eigenvalue weighted by molar-refractivity contribution is 1.30. The molecule has 94 valence electrons. The van der Waals surface area contributed by atoms with Crippen molar-refractivity contribution >= 4 is 23.2 Å². The Bertz CT molecular complexity index is 671. The highest BCUT2D eigenvalue weighted by Gasteiger charge is 2.14. The number of fused-ring (bicyclic) bond motifs is 1. The first kappa shape index (κ1) is 11.5. The smallest absolute Gasteiger partial charge is 0.123 e. The molecular weight excluding hydrogens is 234 g/mol. The Balaban J connectivity index is 2.10. The first-order chi connectivity index (χ1) is 9.25. The van der Waals surface area contributed by atoms with E-state index in [9.17, 15) is 0 Å². The third-order valence-corrected chi connectivity index (χ3v) is 3.32. The first-order valence-electron chi connectivity index (χ1n) is 6.23. The van der Waals surface area contributed by atoms with Gasteiger partial charge >= 0.3 is 0 Å². The van der Waals surface area contributed by atoms with E-state index in [0.29, 0.717) is 0 Å². The van der Waals surface area contributed by atoms with E-state index in [0.717, 1.165) is 28.9 Å². The minimum Gasteiger partial charge on any atom is -0.384 e. The zero-order valence-corrected chi connectivity index (χ0v) is 10.5. The van der Waals surface area contributed by atoms with E-state index < -0.39 is 0 Å². The van der Waals surface area contributed by atoms with Gasteiger partial charge in [0.15, 0.2) is 0 Å². The Labute approximate surface area is 112 Å². The van der Waals surface area contributed by atoms with Crippen molar-refractivity contribution in [1.29, 1.82) is 5.41 Å². The van der Waals surface area contributed by atoms with E-state index in [1.165, 1.54) is 5.56 Å². The van der Waals surface area contributed by atoms with Crippen LogP contribution in [0, 0.1) is 5.41 Å². The fourth-order valence-corrected chi connectivity index (χ4v) is 2.38. The van der Waals surface area contributed by atoms with Gasteiger partial charge in [-0.05, 0) is 28.8 Å². The van der Waals surface area contributed by atoms with Crippen molar-refractivity contribution in [3.05, 3.63) is 65.2 Å². The van der Waals surface area contributed by atoms with Gasteiger partial charge in [-0.25, -0.2) is 0 Å². The van der Waals surface area contributed by atoms with Gasteiger partial charge < -0.3 is 11.1 Å². The lowest BCUT2D eigenvalue weighted by Crippen LogP contribution is -2.16. The minimum absolute atomic E-state index is 0.107. The maximum Gasteiger partial charge on any atom is 0.123 e. The molecule has 1 aliphatic heterocycles. The molecule has 4 N–H and O–H groups in total. The number of amidine groups is 1. The van der Waals surface area contributed by atoms with Crippen LogP contribution in [-0.2, 0) is 0 Å². The van der Waals surface area contributed by atoms with Crippen LogP contribution in [0.3, 0.4) is 0 Å². The van der Waals surface area contributed by atoms with Gasteiger partial charge in [-0.3, -0.25) is 5.41 Å². The normalized spacial score (nSPS) is 13.2. The second kappa shape index (κ2) is 4.61. The number of nitrogen functional groups attached to an aromatic ring is 1. The molecule has 0 fully saturated rings. The number of para-hydroxylation sites is 1. The van der Waals surface area contributed by atoms with Gasteiger partial charge in [-0.2, -0.15) is 0 Å². The molecule has 0 saturated carbocycles. The highest BCUT2D eigenvalue weighted by Crippen LogP contribution is 2.29. The molecule has 0 aliphatic carbocycles. The summed E-state index contributed by atoms with van der Waals surface area (Å²) in [5.41, 5.74) is 10.9. The molecule has 0 radical (unpaired) electrons. The van der Waals surface area contributed by atoms with Crippen molar-refractivity contribution in [3.63, 3.8) is 0 Å². The van der Waals surface area contributed by atoms with E-state index in [2.05, 4.69) is 23.5 Å². The summed E-state index contributed by atoms with van der Waals surface area (Å²) in [4.78, 5) is 0. The largest absolute Gasteiger partial charge is 0.384 e. The van der Waals surface area contributed by atoms with Gasteiger partial charge in [0.25, 0.3) is 0 Å². The fourth-order valence-electron chi connectivity index (χ4n) is 2.38. The maximum absolute atomic E-state index is 7.67. The van der Waals surface area contributed by atoms with Crippen molar-refractivity contribution in [3.8, 4) is 0 Å². The summed E-state index contributed by atoms with van der Waals surface area (Å²) in [5.74, 6) is 0.107. The first-order valence-corrected chi connectivity index (χ1v) is 6.23. The Morgan fingerprint density at radius 1 is 1.05 bits per heavy atom. The predicted octanol–water partition coefficient (Wildman–Crippen LogP) is 2.94. The number of hydrogen-bond donors (Lipinski definition) is 3. The molecule has 1 heterocycles. The second-order valence-electron chi connectivity index (χ2n) is 4.57. The van der Waals surface area contributed by atoms with E-state index in [-0.39, 0.29) is 5.84 Å². The van der Waals surface area contributed by atoms with Gasteiger partial charge in [0.2, 0.25) is 0 Å². The molecule has 3 nitrogen and oxygen atoms in total. The maximum atomic E-state index is 7.67. The van der Waals surface area contributed by atoms with Gasteiger partial charge in [-0.15, -0.1) is 0 Å². The van der Waals surface area contributed by atoms with E-state index in [1.54, 1.807) is 0 Å². The zero-order chi connectivity index (χ0) is 13.2. The van der Waals surface area contributed by atoms with E-state index >= 15 is 0 Å². The van der Waals surface area contributed by atoms with Gasteiger partial charge in [-0.1, -0.05) is 42.5 Å². The molecule has 0 aromatic heterocycles. The summed E-state index contributed by atoms with van der Waals surface area (Å²) < 4.78 is 0. The van der Waals surface area contributed by atoms with Crippen molar-refractivity contribution in [1.82, 2.24) is 0 Å². The zero-order valence-electron chi connectivity index (χ0n) is 10.5. The molecule has 2 aromatic rings. The molecule has 19 heavy (non-hydrogen) atoms. The Morgan fingerprint density at radius 3 is 2.63 bits per heavy atom. The van der Waals surface area contributed by atoms with Crippen LogP contribution in [0.15, 0.2) is 48.5 Å². The van der Waals surface area contributed by atoms with Crippen LogP contribution in [-0.4, -0.2) is 12.4 Å². The summed E-state index contributed by atoms with van der Waals surface area (Å²) in [7, 11) is 0. The summed E-state index contributed by atoms with van der Waals surface area (Å²) in [5, 5.41) is 11.1. The average molecular weight is 249 g/mol. The molecule has 0 amide bonds. The fraction of sp³-hybridized carbons (Fsp3) is 0.0625. The van der Waals surface area contributed by atoms with Crippen LogP contribution < -0.4 is 11.1 Å². The highest BCUT2D eigenvalue weighted by molar-refractivity contribution is 6.03. The third-order valence-electron chi connectivity index (χ3n) is 3.32. The van der Waals surface area contributed by atoms with Crippen LogP contribution in [0.4, 0.5) is 5.69 Å². The summed E-state index contributed by atoms with van der Waals surface area (Å²) in [6.45, 7) is 0.751. The van der Waals surface area contributed by atoms with Gasteiger partial charge in [0.05, 0.1) is 0 Å². The van der Waals surface area contributed by atoms with Gasteiger partial charge in [0.1, 0.15) is 5.84 Å². The van der Waals surface area contributed by atoms with Crippen LogP contribution in [0.2, 0.25) is 0 Å². The number of anilines is 1. The SMILES string of the molecule is N=C(N)c1ccccc1C1=Cc2ccccc2NC1. The van der Waals surface area contributed by atoms with E-state index in [1.807, 2.05) is 36.4 Å². The second-order valence-corrected chi connectivity index (χ2v) is 4.57. The number of rotatable bonds is 2. The standard InChI is InChI=1S/C16H15N3/c17-16(18)14-7-3-2-6-13(14)12-9-11-5-1-4-8-15(11)19-10-12/h1-9,19H,10H2,(H3,17,18). The molecule has 0 unspecified atom stereocenters. The summed E-state index contributed by atoms with van der Waals surface area (Å²) >= 11 is 0. The Morgan fingerprint density at radius 2 is 1.79 bits per heavy atom.